The van der Waals surface area contributed by atoms with E-state index in [-0.39, 0.29) is 12.1 Å². The molecule has 3 rings (SSSR count). The van der Waals surface area contributed by atoms with E-state index in [1.165, 1.54) is 0 Å². The Morgan fingerprint density at radius 3 is 2.35 bits per heavy atom. The molecule has 0 aliphatic carbocycles. The summed E-state index contributed by atoms with van der Waals surface area (Å²) >= 11 is 0. The first-order valence-corrected chi connectivity index (χ1v) is 8.37. The molecule has 0 radical (unpaired) electrons. The highest BCUT2D eigenvalue weighted by atomic mass is 16.5. The molecule has 0 aliphatic rings. The maximum Gasteiger partial charge on any atom is 0.319 e. The molecular formula is C21H21N3O2. The van der Waals surface area contributed by atoms with E-state index in [1.54, 1.807) is 19.5 Å². The zero-order valence-corrected chi connectivity index (χ0v) is 14.6. The van der Waals surface area contributed by atoms with Crippen LogP contribution in [0.2, 0.25) is 0 Å². The molecule has 0 spiro atoms. The summed E-state index contributed by atoms with van der Waals surface area (Å²) in [5.41, 5.74) is 3.62. The molecule has 1 unspecified atom stereocenters. The monoisotopic (exact) mass is 347 g/mol. The SMILES string of the molecule is COCc1ccccc1NC(=O)NC(c1ccccc1)c1ccncc1. The van der Waals surface area contributed by atoms with E-state index in [0.717, 1.165) is 22.4 Å². The summed E-state index contributed by atoms with van der Waals surface area (Å²) < 4.78 is 5.19. The summed E-state index contributed by atoms with van der Waals surface area (Å²) in [7, 11) is 1.63. The van der Waals surface area contributed by atoms with Crippen molar-refractivity contribution in [1.29, 1.82) is 0 Å². The largest absolute Gasteiger partial charge is 0.380 e. The van der Waals surface area contributed by atoms with Gasteiger partial charge in [0.1, 0.15) is 0 Å². The minimum absolute atomic E-state index is 0.270. The number of hydrogen-bond acceptors (Lipinski definition) is 3. The van der Waals surface area contributed by atoms with Gasteiger partial charge in [-0.05, 0) is 29.3 Å². The van der Waals surface area contributed by atoms with Crippen molar-refractivity contribution in [2.75, 3.05) is 12.4 Å². The fourth-order valence-electron chi connectivity index (χ4n) is 2.77. The van der Waals surface area contributed by atoms with Crippen molar-refractivity contribution in [3.05, 3.63) is 95.8 Å². The van der Waals surface area contributed by atoms with Crippen molar-refractivity contribution in [3.63, 3.8) is 0 Å². The number of rotatable bonds is 6. The molecule has 2 aromatic carbocycles. The molecule has 2 N–H and O–H groups in total. The van der Waals surface area contributed by atoms with E-state index in [0.29, 0.717) is 6.61 Å². The molecule has 132 valence electrons. The first-order valence-electron chi connectivity index (χ1n) is 8.37. The fraction of sp³-hybridized carbons (Fsp3) is 0.143. The third-order valence-electron chi connectivity index (χ3n) is 4.01. The molecule has 1 heterocycles. The van der Waals surface area contributed by atoms with Crippen molar-refractivity contribution >= 4 is 11.7 Å². The van der Waals surface area contributed by atoms with Gasteiger partial charge in [0.15, 0.2) is 0 Å². The lowest BCUT2D eigenvalue weighted by Gasteiger charge is -2.20. The number of benzene rings is 2. The maximum atomic E-state index is 12.6. The van der Waals surface area contributed by atoms with E-state index < -0.39 is 0 Å². The third-order valence-corrected chi connectivity index (χ3v) is 4.01. The zero-order valence-electron chi connectivity index (χ0n) is 14.6. The zero-order chi connectivity index (χ0) is 18.2. The molecule has 1 aromatic heterocycles. The average Bonchev–Trinajstić information content (AvgIpc) is 2.69. The number of methoxy groups -OCH3 is 1. The lowest BCUT2D eigenvalue weighted by atomic mass is 10.00. The van der Waals surface area contributed by atoms with Gasteiger partial charge >= 0.3 is 6.03 Å². The standard InChI is InChI=1S/C21H21N3O2/c1-26-15-18-9-5-6-10-19(18)23-21(25)24-20(16-7-3-2-4-8-16)17-11-13-22-14-12-17/h2-14,20H,15H2,1H3,(H2,23,24,25). The smallest absolute Gasteiger partial charge is 0.319 e. The van der Waals surface area contributed by atoms with Gasteiger partial charge in [0, 0.05) is 30.8 Å². The van der Waals surface area contributed by atoms with Gasteiger partial charge in [-0.15, -0.1) is 0 Å². The van der Waals surface area contributed by atoms with Gasteiger partial charge in [0.2, 0.25) is 0 Å². The number of pyridine rings is 1. The maximum absolute atomic E-state index is 12.6. The highest BCUT2D eigenvalue weighted by molar-refractivity contribution is 5.90. The van der Waals surface area contributed by atoms with Gasteiger partial charge in [-0.2, -0.15) is 0 Å². The van der Waals surface area contributed by atoms with E-state index in [9.17, 15) is 4.79 Å². The molecular weight excluding hydrogens is 326 g/mol. The van der Waals surface area contributed by atoms with Crippen LogP contribution < -0.4 is 10.6 Å². The molecule has 1 atom stereocenters. The molecule has 0 fully saturated rings. The van der Waals surface area contributed by atoms with Crippen LogP contribution in [0.25, 0.3) is 0 Å². The summed E-state index contributed by atoms with van der Waals surface area (Å²) in [6.45, 7) is 0.433. The predicted molar refractivity (Wildman–Crippen MR) is 102 cm³/mol. The van der Waals surface area contributed by atoms with Gasteiger partial charge in [0.05, 0.1) is 12.6 Å². The van der Waals surface area contributed by atoms with Crippen LogP contribution in [0.1, 0.15) is 22.7 Å². The Morgan fingerprint density at radius 2 is 1.62 bits per heavy atom. The molecule has 5 nitrogen and oxygen atoms in total. The Bertz CT molecular complexity index is 799. The quantitative estimate of drug-likeness (QED) is 0.704. The van der Waals surface area contributed by atoms with Gasteiger partial charge in [-0.25, -0.2) is 4.79 Å². The lowest BCUT2D eigenvalue weighted by molar-refractivity contribution is 0.185. The Labute approximate surface area is 153 Å². The molecule has 0 saturated heterocycles. The number of para-hydroxylation sites is 1. The lowest BCUT2D eigenvalue weighted by Crippen LogP contribution is -2.33. The van der Waals surface area contributed by atoms with Gasteiger partial charge in [-0.1, -0.05) is 48.5 Å². The van der Waals surface area contributed by atoms with Crippen molar-refractivity contribution in [2.24, 2.45) is 0 Å². The second-order valence-corrected chi connectivity index (χ2v) is 5.81. The summed E-state index contributed by atoms with van der Waals surface area (Å²) in [5, 5.41) is 5.97. The van der Waals surface area contributed by atoms with Gasteiger partial charge in [0.25, 0.3) is 0 Å². The Hall–Kier alpha value is -3.18. The van der Waals surface area contributed by atoms with E-state index >= 15 is 0 Å². The fourth-order valence-corrected chi connectivity index (χ4v) is 2.77. The van der Waals surface area contributed by atoms with Crippen molar-refractivity contribution in [3.8, 4) is 0 Å². The average molecular weight is 347 g/mol. The minimum Gasteiger partial charge on any atom is -0.380 e. The Balaban J connectivity index is 1.80. The number of hydrogen-bond donors (Lipinski definition) is 2. The minimum atomic E-state index is -0.279. The highest BCUT2D eigenvalue weighted by Crippen LogP contribution is 2.22. The molecule has 26 heavy (non-hydrogen) atoms. The van der Waals surface area contributed by atoms with Crippen molar-refractivity contribution < 1.29 is 9.53 Å². The summed E-state index contributed by atoms with van der Waals surface area (Å²) in [6, 6.07) is 20.7. The van der Waals surface area contributed by atoms with E-state index in [1.807, 2.05) is 66.7 Å². The summed E-state index contributed by atoms with van der Waals surface area (Å²) in [5.74, 6) is 0. The van der Waals surface area contributed by atoms with Crippen LogP contribution in [0.3, 0.4) is 0 Å². The number of aromatic nitrogens is 1. The normalized spacial score (nSPS) is 11.6. The molecule has 5 heteroatoms. The van der Waals surface area contributed by atoms with Crippen LogP contribution in [0.15, 0.2) is 79.1 Å². The van der Waals surface area contributed by atoms with Crippen LogP contribution in [0.5, 0.6) is 0 Å². The Kier molecular flexibility index (Phi) is 5.96. The highest BCUT2D eigenvalue weighted by Gasteiger charge is 2.17. The second-order valence-electron chi connectivity index (χ2n) is 5.81. The number of anilines is 1. The van der Waals surface area contributed by atoms with E-state index in [2.05, 4.69) is 15.6 Å². The van der Waals surface area contributed by atoms with Crippen molar-refractivity contribution in [1.82, 2.24) is 10.3 Å². The topological polar surface area (TPSA) is 63.2 Å². The molecule has 0 aliphatic heterocycles. The summed E-state index contributed by atoms with van der Waals surface area (Å²) in [6.07, 6.45) is 3.44. The van der Waals surface area contributed by atoms with Crippen LogP contribution in [0.4, 0.5) is 10.5 Å². The third kappa shape index (κ3) is 4.46. The number of nitrogens with one attached hydrogen (secondary N) is 2. The van der Waals surface area contributed by atoms with Gasteiger partial charge < -0.3 is 15.4 Å². The first kappa shape index (κ1) is 17.6. The van der Waals surface area contributed by atoms with Crippen LogP contribution in [-0.2, 0) is 11.3 Å². The number of urea groups is 1. The van der Waals surface area contributed by atoms with Crippen molar-refractivity contribution in [2.45, 2.75) is 12.6 Å². The molecule has 2 amide bonds. The van der Waals surface area contributed by atoms with Crippen LogP contribution in [0, 0.1) is 0 Å². The molecule has 0 saturated carbocycles. The predicted octanol–water partition coefficient (Wildman–Crippen LogP) is 4.14. The van der Waals surface area contributed by atoms with Crippen LogP contribution >= 0.6 is 0 Å². The molecule has 3 aromatic rings. The van der Waals surface area contributed by atoms with E-state index in [4.69, 9.17) is 4.74 Å². The number of ether oxygens (including phenoxy) is 1. The second kappa shape index (κ2) is 8.78. The Morgan fingerprint density at radius 1 is 0.962 bits per heavy atom. The number of carbonyl (C=O) groups excluding carboxylic acids is 1. The molecule has 0 bridgehead atoms. The van der Waals surface area contributed by atoms with Crippen LogP contribution in [-0.4, -0.2) is 18.1 Å². The first-order chi connectivity index (χ1) is 12.8. The summed E-state index contributed by atoms with van der Waals surface area (Å²) in [4.78, 5) is 16.7. The number of nitrogens with zero attached hydrogens (tertiary/aromatic N) is 1. The number of amides is 2. The number of carbonyl (C=O) groups is 1. The van der Waals surface area contributed by atoms with Gasteiger partial charge in [-0.3, -0.25) is 4.98 Å².